The SMILES string of the molecule is [2H]C([2H])([2H])C(=O)Nc1ccc2c(c1)nc(C([2H])([2H])[2H])n2-c1ccc2ncsc2c1. The average Bonchev–Trinajstić information content (AvgIpc) is 3.23. The Morgan fingerprint density at radius 2 is 2.22 bits per heavy atom. The molecule has 23 heavy (non-hydrogen) atoms. The van der Waals surface area contributed by atoms with Crippen molar-refractivity contribution in [2.24, 2.45) is 0 Å². The summed E-state index contributed by atoms with van der Waals surface area (Å²) in [6.45, 7) is -5.27. The van der Waals surface area contributed by atoms with Crippen LogP contribution < -0.4 is 5.32 Å². The van der Waals surface area contributed by atoms with Gasteiger partial charge in [0.2, 0.25) is 5.91 Å². The fourth-order valence-electron chi connectivity index (χ4n) is 2.53. The first-order chi connectivity index (χ1) is 13.5. The lowest BCUT2D eigenvalue weighted by molar-refractivity contribution is -0.114. The van der Waals surface area contributed by atoms with E-state index in [2.05, 4.69) is 15.3 Å². The van der Waals surface area contributed by atoms with E-state index in [1.165, 1.54) is 28.0 Å². The molecule has 0 bridgehead atoms. The Bertz CT molecular complexity index is 1240. The van der Waals surface area contributed by atoms with Gasteiger partial charge in [0, 0.05) is 26.5 Å². The van der Waals surface area contributed by atoms with Crippen LogP contribution in [0.5, 0.6) is 0 Å². The first-order valence-electron chi connectivity index (χ1n) is 9.72. The Kier molecular flexibility index (Phi) is 1.98. The highest BCUT2D eigenvalue weighted by molar-refractivity contribution is 7.16. The number of anilines is 1. The van der Waals surface area contributed by atoms with Gasteiger partial charge in [0.15, 0.2) is 0 Å². The van der Waals surface area contributed by atoms with Crippen LogP contribution in [-0.4, -0.2) is 20.4 Å². The van der Waals surface area contributed by atoms with E-state index in [0.717, 1.165) is 10.2 Å². The molecule has 0 saturated heterocycles. The maximum absolute atomic E-state index is 11.7. The van der Waals surface area contributed by atoms with Gasteiger partial charge in [-0.1, -0.05) is 0 Å². The molecule has 4 aromatic rings. The number of hydrogen-bond donors (Lipinski definition) is 1. The summed E-state index contributed by atoms with van der Waals surface area (Å²) in [5.74, 6) is -1.25. The van der Waals surface area contributed by atoms with Crippen LogP contribution in [0.2, 0.25) is 0 Å². The second kappa shape index (κ2) is 5.17. The Morgan fingerprint density at radius 1 is 1.26 bits per heavy atom. The van der Waals surface area contributed by atoms with Crippen LogP contribution in [0.15, 0.2) is 41.9 Å². The lowest BCUT2D eigenvalue weighted by atomic mass is 10.2. The van der Waals surface area contributed by atoms with E-state index in [0.29, 0.717) is 16.7 Å². The fraction of sp³-hybridized carbons (Fsp3) is 0.118. The molecule has 1 amide bonds. The number of benzene rings is 2. The highest BCUT2D eigenvalue weighted by Crippen LogP contribution is 2.27. The summed E-state index contributed by atoms with van der Waals surface area (Å²) >= 11 is 1.44. The number of carbonyl (C=O) groups excluding carboxylic acids is 1. The summed E-state index contributed by atoms with van der Waals surface area (Å²) in [6, 6.07) is 9.98. The normalized spacial score (nSPS) is 16.2. The number of nitrogens with one attached hydrogen (secondary N) is 1. The quantitative estimate of drug-likeness (QED) is 0.607. The molecule has 0 saturated carbocycles. The van der Waals surface area contributed by atoms with Crippen molar-refractivity contribution in [1.29, 1.82) is 0 Å². The van der Waals surface area contributed by atoms with Gasteiger partial charge in [0.05, 0.1) is 26.8 Å². The summed E-state index contributed by atoms with van der Waals surface area (Å²) in [4.78, 5) is 20.2. The first kappa shape index (κ1) is 8.79. The zero-order valence-corrected chi connectivity index (χ0v) is 12.5. The number of rotatable bonds is 2. The Hall–Kier alpha value is -2.73. The molecular weight excluding hydrogens is 308 g/mol. The molecule has 2 heterocycles. The second-order valence-electron chi connectivity index (χ2n) is 4.93. The number of nitrogens with zero attached hydrogens (tertiary/aromatic N) is 3. The summed E-state index contributed by atoms with van der Waals surface area (Å²) in [7, 11) is 0. The Balaban J connectivity index is 1.87. The summed E-state index contributed by atoms with van der Waals surface area (Å²) in [6.07, 6.45) is 0. The molecule has 0 atom stereocenters. The van der Waals surface area contributed by atoms with Crippen LogP contribution in [0.4, 0.5) is 5.69 Å². The van der Waals surface area contributed by atoms with E-state index in [4.69, 9.17) is 8.22 Å². The highest BCUT2D eigenvalue weighted by atomic mass is 32.1. The van der Waals surface area contributed by atoms with Gasteiger partial charge in [-0.3, -0.25) is 9.36 Å². The molecule has 0 aliphatic heterocycles. The van der Waals surface area contributed by atoms with Crippen LogP contribution in [0.25, 0.3) is 26.9 Å². The van der Waals surface area contributed by atoms with Crippen LogP contribution in [-0.2, 0) is 4.79 Å². The number of thiazole rings is 1. The van der Waals surface area contributed by atoms with Crippen molar-refractivity contribution in [3.8, 4) is 5.69 Å². The zero-order chi connectivity index (χ0) is 21.0. The molecular formula is C17H14N4OS. The number of amides is 1. The molecule has 114 valence electrons. The molecule has 2 aromatic heterocycles. The van der Waals surface area contributed by atoms with Crippen molar-refractivity contribution < 1.29 is 13.0 Å². The van der Waals surface area contributed by atoms with Gasteiger partial charge in [0.1, 0.15) is 5.82 Å². The van der Waals surface area contributed by atoms with Crippen LogP contribution in [0, 0.1) is 6.85 Å². The van der Waals surface area contributed by atoms with Gasteiger partial charge >= 0.3 is 0 Å². The molecule has 6 heteroatoms. The third kappa shape index (κ3) is 2.37. The van der Waals surface area contributed by atoms with E-state index in [1.54, 1.807) is 23.7 Å². The van der Waals surface area contributed by atoms with Gasteiger partial charge < -0.3 is 5.32 Å². The van der Waals surface area contributed by atoms with Gasteiger partial charge in [-0.15, -0.1) is 11.3 Å². The smallest absolute Gasteiger partial charge is 0.221 e. The van der Waals surface area contributed by atoms with E-state index in [-0.39, 0.29) is 11.5 Å². The van der Waals surface area contributed by atoms with Crippen molar-refractivity contribution in [2.75, 3.05) is 5.32 Å². The molecule has 4 rings (SSSR count). The van der Waals surface area contributed by atoms with Crippen LogP contribution in [0.1, 0.15) is 20.9 Å². The Labute approximate surface area is 145 Å². The van der Waals surface area contributed by atoms with Crippen molar-refractivity contribution in [3.05, 3.63) is 47.7 Å². The average molecular weight is 328 g/mol. The molecule has 0 aliphatic carbocycles. The molecule has 0 radical (unpaired) electrons. The number of fused-ring (bicyclic) bond motifs is 2. The lowest BCUT2D eigenvalue weighted by Gasteiger charge is -2.07. The van der Waals surface area contributed by atoms with Gasteiger partial charge in [-0.05, 0) is 43.3 Å². The molecule has 0 unspecified atom stereocenters. The van der Waals surface area contributed by atoms with Crippen LogP contribution in [0.3, 0.4) is 0 Å². The van der Waals surface area contributed by atoms with Gasteiger partial charge in [0.25, 0.3) is 0 Å². The molecule has 0 fully saturated rings. The van der Waals surface area contributed by atoms with E-state index in [1.807, 2.05) is 6.07 Å². The molecule has 1 N–H and O–H groups in total. The van der Waals surface area contributed by atoms with Gasteiger partial charge in [-0.2, -0.15) is 0 Å². The largest absolute Gasteiger partial charge is 0.326 e. The minimum absolute atomic E-state index is 0.129. The van der Waals surface area contributed by atoms with Crippen LogP contribution >= 0.6 is 11.3 Å². The maximum Gasteiger partial charge on any atom is 0.221 e. The lowest BCUT2D eigenvalue weighted by Crippen LogP contribution is -2.05. The topological polar surface area (TPSA) is 59.8 Å². The van der Waals surface area contributed by atoms with Crippen molar-refractivity contribution in [2.45, 2.75) is 13.7 Å². The van der Waals surface area contributed by atoms with Crippen molar-refractivity contribution in [3.63, 3.8) is 0 Å². The minimum atomic E-state index is -2.79. The molecule has 2 aromatic carbocycles. The zero-order valence-electron chi connectivity index (χ0n) is 17.7. The summed E-state index contributed by atoms with van der Waals surface area (Å²) in [5.41, 5.74) is 4.21. The summed E-state index contributed by atoms with van der Waals surface area (Å²) in [5, 5.41) is 2.30. The predicted molar refractivity (Wildman–Crippen MR) is 93.3 cm³/mol. The fourth-order valence-corrected chi connectivity index (χ4v) is 3.24. The second-order valence-corrected chi connectivity index (χ2v) is 5.82. The maximum atomic E-state index is 11.7. The van der Waals surface area contributed by atoms with Crippen molar-refractivity contribution in [1.82, 2.24) is 14.5 Å². The van der Waals surface area contributed by atoms with Crippen molar-refractivity contribution >= 4 is 44.2 Å². The molecule has 0 aliphatic rings. The van der Waals surface area contributed by atoms with E-state index in [9.17, 15) is 4.79 Å². The third-order valence-electron chi connectivity index (χ3n) is 3.49. The number of hydrogen-bond acceptors (Lipinski definition) is 4. The Morgan fingerprint density at radius 3 is 3.09 bits per heavy atom. The first-order valence-corrected chi connectivity index (χ1v) is 7.60. The number of imidazole rings is 1. The third-order valence-corrected chi connectivity index (χ3v) is 4.28. The van der Waals surface area contributed by atoms with E-state index < -0.39 is 19.6 Å². The molecule has 5 nitrogen and oxygen atoms in total. The highest BCUT2D eigenvalue weighted by Gasteiger charge is 2.11. The minimum Gasteiger partial charge on any atom is -0.326 e. The predicted octanol–water partition coefficient (Wildman–Crippen LogP) is 3.90. The standard InChI is InChI=1S/C17H14N4OS/c1-10-19-15-7-12(20-11(2)22)3-6-16(15)21(10)13-4-5-14-17(8-13)23-9-18-14/h3-9H,1-2H3,(H,20,22)/i1D3,2D3. The summed E-state index contributed by atoms with van der Waals surface area (Å²) < 4.78 is 47.5. The number of aromatic nitrogens is 3. The van der Waals surface area contributed by atoms with Gasteiger partial charge in [-0.25, -0.2) is 9.97 Å². The monoisotopic (exact) mass is 328 g/mol. The number of carbonyl (C=O) groups is 1. The number of aryl methyl sites for hydroxylation is 1. The van der Waals surface area contributed by atoms with E-state index >= 15 is 0 Å². The molecule has 0 spiro atoms.